The number of rotatable bonds is 31. The Hall–Kier alpha value is -1.07. The molecule has 1 aliphatic heterocycles. The molecule has 6 atom stereocenters. The van der Waals surface area contributed by atoms with Gasteiger partial charge in [-0.25, -0.2) is 0 Å². The molecule has 9 nitrogen and oxygen atoms in total. The average molecular weight is 659 g/mol. The van der Waals surface area contributed by atoms with E-state index in [1.54, 1.807) is 0 Å². The summed E-state index contributed by atoms with van der Waals surface area (Å²) in [4.78, 5) is 12.6. The molecule has 0 bridgehead atoms. The van der Waals surface area contributed by atoms with Crippen molar-refractivity contribution in [3.05, 3.63) is 12.2 Å². The Morgan fingerprint density at radius 2 is 1.20 bits per heavy atom. The molecule has 0 radical (unpaired) electrons. The van der Waals surface area contributed by atoms with Gasteiger partial charge in [0.15, 0.2) is 6.29 Å². The predicted molar refractivity (Wildman–Crippen MR) is 182 cm³/mol. The Labute approximate surface area is 280 Å². The lowest BCUT2D eigenvalue weighted by molar-refractivity contribution is -0.305. The fourth-order valence-corrected chi connectivity index (χ4v) is 5.66. The summed E-state index contributed by atoms with van der Waals surface area (Å²) in [5.41, 5.74) is 0. The number of hydrogen-bond acceptors (Lipinski definition) is 9. The molecule has 0 aromatic carbocycles. The van der Waals surface area contributed by atoms with E-state index in [-0.39, 0.29) is 19.2 Å². The lowest BCUT2D eigenvalue weighted by Crippen LogP contribution is -2.59. The topological polar surface area (TPSA) is 135 Å². The van der Waals surface area contributed by atoms with E-state index in [1.807, 2.05) is 0 Å². The number of carbonyl (C=O) groups excluding carboxylic acids is 1. The van der Waals surface area contributed by atoms with Crippen molar-refractivity contribution in [3.8, 4) is 0 Å². The standard InChI is InChI=1S/C37H70O9/c1-3-5-7-9-11-12-13-14-15-16-17-18-19-21-23-25-27-43-29-31(45-33(39)26-24-22-20-10-8-6-4-2)30-44-37-36(42)35(41)34(40)32(28-38)46-37/h14-15,31-32,34-38,40-42H,3-13,16-30H2,1-2H3/b15-14-. The van der Waals surface area contributed by atoms with Crippen LogP contribution in [0.2, 0.25) is 0 Å². The van der Waals surface area contributed by atoms with Crippen LogP contribution in [-0.2, 0) is 23.7 Å². The molecule has 0 spiro atoms. The predicted octanol–water partition coefficient (Wildman–Crippen LogP) is 6.91. The van der Waals surface area contributed by atoms with E-state index in [1.165, 1.54) is 103 Å². The Morgan fingerprint density at radius 3 is 1.76 bits per heavy atom. The van der Waals surface area contributed by atoms with Gasteiger partial charge in [0.2, 0.25) is 0 Å². The first-order valence-corrected chi connectivity index (χ1v) is 18.8. The monoisotopic (exact) mass is 659 g/mol. The third-order valence-electron chi connectivity index (χ3n) is 8.68. The van der Waals surface area contributed by atoms with E-state index >= 15 is 0 Å². The molecule has 1 saturated heterocycles. The van der Waals surface area contributed by atoms with Crippen molar-refractivity contribution in [2.45, 2.75) is 192 Å². The molecular formula is C37H70O9. The highest BCUT2D eigenvalue weighted by atomic mass is 16.7. The molecule has 1 fully saturated rings. The molecule has 9 heteroatoms. The van der Waals surface area contributed by atoms with Gasteiger partial charge in [0.1, 0.15) is 30.5 Å². The van der Waals surface area contributed by atoms with Crippen molar-refractivity contribution >= 4 is 5.97 Å². The summed E-state index contributed by atoms with van der Waals surface area (Å²) >= 11 is 0. The van der Waals surface area contributed by atoms with Gasteiger partial charge in [-0.1, -0.05) is 122 Å². The molecule has 1 heterocycles. The van der Waals surface area contributed by atoms with E-state index in [0.717, 1.165) is 32.1 Å². The second-order valence-electron chi connectivity index (χ2n) is 13.0. The molecule has 0 aliphatic carbocycles. The molecule has 272 valence electrons. The lowest BCUT2D eigenvalue weighted by Gasteiger charge is -2.39. The van der Waals surface area contributed by atoms with Crippen LogP contribution in [0.25, 0.3) is 0 Å². The van der Waals surface area contributed by atoms with E-state index in [4.69, 9.17) is 18.9 Å². The maximum Gasteiger partial charge on any atom is 0.306 e. The van der Waals surface area contributed by atoms with Crippen LogP contribution in [0, 0.1) is 0 Å². The molecular weight excluding hydrogens is 588 g/mol. The molecule has 0 saturated carbocycles. The smallest absolute Gasteiger partial charge is 0.306 e. The first-order chi connectivity index (χ1) is 22.4. The van der Waals surface area contributed by atoms with Crippen molar-refractivity contribution in [1.29, 1.82) is 0 Å². The van der Waals surface area contributed by atoms with Gasteiger partial charge in [-0.3, -0.25) is 4.79 Å². The molecule has 0 amide bonds. The van der Waals surface area contributed by atoms with Crippen LogP contribution in [0.3, 0.4) is 0 Å². The third-order valence-corrected chi connectivity index (χ3v) is 8.68. The number of allylic oxidation sites excluding steroid dienone is 2. The van der Waals surface area contributed by atoms with Gasteiger partial charge in [-0.15, -0.1) is 0 Å². The van der Waals surface area contributed by atoms with Crippen LogP contribution in [0.1, 0.15) is 155 Å². The minimum Gasteiger partial charge on any atom is -0.457 e. The van der Waals surface area contributed by atoms with Gasteiger partial charge < -0.3 is 39.4 Å². The molecule has 1 aliphatic rings. The maximum absolute atomic E-state index is 12.6. The molecule has 46 heavy (non-hydrogen) atoms. The van der Waals surface area contributed by atoms with E-state index in [9.17, 15) is 25.2 Å². The Kier molecular flexibility index (Phi) is 28.0. The molecule has 0 aromatic rings. The van der Waals surface area contributed by atoms with Crippen LogP contribution in [-0.4, -0.2) is 89.6 Å². The minimum absolute atomic E-state index is 0.112. The summed E-state index contributed by atoms with van der Waals surface area (Å²) < 4.78 is 22.6. The van der Waals surface area contributed by atoms with Gasteiger partial charge >= 0.3 is 5.97 Å². The van der Waals surface area contributed by atoms with Crippen LogP contribution in [0.4, 0.5) is 0 Å². The average Bonchev–Trinajstić information content (AvgIpc) is 3.05. The number of unbranched alkanes of at least 4 members (excludes halogenated alkanes) is 18. The van der Waals surface area contributed by atoms with Crippen molar-refractivity contribution in [2.75, 3.05) is 26.4 Å². The summed E-state index contributed by atoms with van der Waals surface area (Å²) in [5.74, 6) is -0.322. The Bertz CT molecular complexity index is 717. The van der Waals surface area contributed by atoms with Crippen LogP contribution < -0.4 is 0 Å². The van der Waals surface area contributed by atoms with Gasteiger partial charge in [0.05, 0.1) is 19.8 Å². The van der Waals surface area contributed by atoms with Gasteiger partial charge in [-0.2, -0.15) is 0 Å². The number of esters is 1. The summed E-state index contributed by atoms with van der Waals surface area (Å²) in [6.45, 7) is 4.49. The van der Waals surface area contributed by atoms with E-state index in [0.29, 0.717) is 13.0 Å². The fraction of sp³-hybridized carbons (Fsp3) is 0.919. The highest BCUT2D eigenvalue weighted by Crippen LogP contribution is 2.22. The fourth-order valence-electron chi connectivity index (χ4n) is 5.66. The number of hydrogen-bond donors (Lipinski definition) is 4. The Balaban J connectivity index is 2.28. The second kappa shape index (κ2) is 30.0. The third kappa shape index (κ3) is 21.7. The maximum atomic E-state index is 12.6. The van der Waals surface area contributed by atoms with Crippen LogP contribution in [0.5, 0.6) is 0 Å². The first kappa shape index (κ1) is 43.0. The lowest BCUT2D eigenvalue weighted by atomic mass is 9.99. The highest BCUT2D eigenvalue weighted by molar-refractivity contribution is 5.69. The summed E-state index contributed by atoms with van der Waals surface area (Å²) in [6, 6.07) is 0. The summed E-state index contributed by atoms with van der Waals surface area (Å²) in [6.07, 6.45) is 22.5. The first-order valence-electron chi connectivity index (χ1n) is 18.8. The van der Waals surface area contributed by atoms with Gasteiger partial charge in [0.25, 0.3) is 0 Å². The number of aliphatic hydroxyl groups excluding tert-OH is 4. The van der Waals surface area contributed by atoms with Crippen LogP contribution >= 0.6 is 0 Å². The second-order valence-corrected chi connectivity index (χ2v) is 13.0. The molecule has 6 unspecified atom stereocenters. The number of carbonyl (C=O) groups is 1. The number of ether oxygens (including phenoxy) is 4. The SMILES string of the molecule is CCCCCCCC/C=C\CCCCCCCCOCC(COC1OC(CO)C(O)C(O)C1O)OC(=O)CCCCCCCCC. The van der Waals surface area contributed by atoms with E-state index in [2.05, 4.69) is 26.0 Å². The zero-order valence-electron chi connectivity index (χ0n) is 29.3. The van der Waals surface area contributed by atoms with Crippen LogP contribution in [0.15, 0.2) is 12.2 Å². The summed E-state index contributed by atoms with van der Waals surface area (Å²) in [7, 11) is 0. The quantitative estimate of drug-likeness (QED) is 0.0356. The van der Waals surface area contributed by atoms with Crippen molar-refractivity contribution in [3.63, 3.8) is 0 Å². The number of aliphatic hydroxyl groups is 4. The largest absolute Gasteiger partial charge is 0.457 e. The van der Waals surface area contributed by atoms with Crippen molar-refractivity contribution in [2.24, 2.45) is 0 Å². The highest BCUT2D eigenvalue weighted by Gasteiger charge is 2.44. The zero-order chi connectivity index (χ0) is 33.7. The minimum atomic E-state index is -1.53. The zero-order valence-corrected chi connectivity index (χ0v) is 29.3. The van der Waals surface area contributed by atoms with Crippen molar-refractivity contribution in [1.82, 2.24) is 0 Å². The summed E-state index contributed by atoms with van der Waals surface area (Å²) in [5, 5.41) is 39.8. The molecule has 0 aromatic heterocycles. The van der Waals surface area contributed by atoms with E-state index < -0.39 is 43.4 Å². The molecule has 1 rings (SSSR count). The van der Waals surface area contributed by atoms with Gasteiger partial charge in [0, 0.05) is 13.0 Å². The van der Waals surface area contributed by atoms with Crippen molar-refractivity contribution < 1.29 is 44.2 Å². The Morgan fingerprint density at radius 1 is 0.674 bits per heavy atom. The normalized spacial score (nSPS) is 22.4. The molecule has 4 N–H and O–H groups in total. The van der Waals surface area contributed by atoms with Gasteiger partial charge in [-0.05, 0) is 38.5 Å².